The molecule has 0 aliphatic carbocycles. The van der Waals surface area contributed by atoms with Crippen LogP contribution in [-0.4, -0.2) is 12.1 Å². The Hall–Kier alpha value is -1.02. The van der Waals surface area contributed by atoms with Crippen LogP contribution in [0.25, 0.3) is 0 Å². The van der Waals surface area contributed by atoms with Crippen LogP contribution in [0, 0.1) is 20.8 Å². The van der Waals surface area contributed by atoms with E-state index in [-0.39, 0.29) is 5.60 Å². The first-order valence-electron chi connectivity index (χ1n) is 5.32. The van der Waals surface area contributed by atoms with Gasteiger partial charge in [0.05, 0.1) is 0 Å². The molecular weight excluding hydrogens is 186 g/mol. The third kappa shape index (κ3) is 2.96. The molecule has 0 unspecified atom stereocenters. The van der Waals surface area contributed by atoms with Gasteiger partial charge in [0.2, 0.25) is 0 Å². The van der Waals surface area contributed by atoms with Crippen molar-refractivity contribution < 1.29 is 4.74 Å². The van der Waals surface area contributed by atoms with E-state index < -0.39 is 0 Å². The Labute approximate surface area is 92.4 Å². The minimum atomic E-state index is -0.301. The van der Waals surface area contributed by atoms with Crippen LogP contribution in [-0.2, 0) is 0 Å². The number of hydrogen-bond donors (Lipinski definition) is 1. The molecule has 0 saturated heterocycles. The molecule has 0 heterocycles. The van der Waals surface area contributed by atoms with Crippen molar-refractivity contribution in [2.24, 2.45) is 5.73 Å². The first-order valence-corrected chi connectivity index (χ1v) is 5.32. The van der Waals surface area contributed by atoms with Crippen molar-refractivity contribution >= 4 is 0 Å². The molecule has 0 aromatic heterocycles. The van der Waals surface area contributed by atoms with Gasteiger partial charge in [-0.1, -0.05) is 6.07 Å². The average molecular weight is 207 g/mol. The summed E-state index contributed by atoms with van der Waals surface area (Å²) in [6.45, 7) is 10.8. The second kappa shape index (κ2) is 4.23. The maximum atomic E-state index is 5.92. The smallest absolute Gasteiger partial charge is 0.123 e. The lowest BCUT2D eigenvalue weighted by molar-refractivity contribution is 0.117. The summed E-state index contributed by atoms with van der Waals surface area (Å²) in [5.41, 5.74) is 9.04. The van der Waals surface area contributed by atoms with Crippen LogP contribution in [0.2, 0.25) is 0 Å². The normalized spacial score (nSPS) is 11.6. The van der Waals surface area contributed by atoms with Gasteiger partial charge in [-0.05, 0) is 57.4 Å². The van der Waals surface area contributed by atoms with Crippen LogP contribution in [0.5, 0.6) is 5.75 Å². The van der Waals surface area contributed by atoms with Gasteiger partial charge in [0.25, 0.3) is 0 Å². The van der Waals surface area contributed by atoms with Crippen molar-refractivity contribution in [2.45, 2.75) is 40.2 Å². The molecule has 2 nitrogen and oxygen atoms in total. The summed E-state index contributed by atoms with van der Waals surface area (Å²) in [7, 11) is 0. The summed E-state index contributed by atoms with van der Waals surface area (Å²) in [6.07, 6.45) is 0. The highest BCUT2D eigenvalue weighted by Crippen LogP contribution is 2.26. The van der Waals surface area contributed by atoms with E-state index in [1.807, 2.05) is 13.8 Å². The standard InChI is InChI=1S/C13H21NO/c1-9-6-10(2)11(3)12(7-9)15-13(4,5)8-14/h6-7H,8,14H2,1-5H3. The fraction of sp³-hybridized carbons (Fsp3) is 0.538. The second-order valence-electron chi connectivity index (χ2n) is 4.77. The predicted octanol–water partition coefficient (Wildman–Crippen LogP) is 2.73. The van der Waals surface area contributed by atoms with Crippen LogP contribution >= 0.6 is 0 Å². The number of benzene rings is 1. The zero-order chi connectivity index (χ0) is 11.6. The predicted molar refractivity (Wildman–Crippen MR) is 64.4 cm³/mol. The molecule has 2 N–H and O–H groups in total. The summed E-state index contributed by atoms with van der Waals surface area (Å²) < 4.78 is 5.92. The molecule has 1 aromatic carbocycles. The van der Waals surface area contributed by atoms with Crippen molar-refractivity contribution in [1.29, 1.82) is 0 Å². The Morgan fingerprint density at radius 3 is 2.33 bits per heavy atom. The first kappa shape index (κ1) is 12.1. The minimum Gasteiger partial charge on any atom is -0.486 e. The lowest BCUT2D eigenvalue weighted by Crippen LogP contribution is -2.37. The quantitative estimate of drug-likeness (QED) is 0.827. The summed E-state index contributed by atoms with van der Waals surface area (Å²) in [5.74, 6) is 0.947. The molecule has 15 heavy (non-hydrogen) atoms. The Balaban J connectivity index is 3.05. The largest absolute Gasteiger partial charge is 0.486 e. The number of aryl methyl sites for hydroxylation is 2. The van der Waals surface area contributed by atoms with E-state index in [1.165, 1.54) is 16.7 Å². The minimum absolute atomic E-state index is 0.301. The molecule has 0 atom stereocenters. The third-order valence-corrected chi connectivity index (χ3v) is 2.64. The molecule has 0 fully saturated rings. The Kier molecular flexibility index (Phi) is 3.40. The topological polar surface area (TPSA) is 35.2 Å². The van der Waals surface area contributed by atoms with E-state index >= 15 is 0 Å². The van der Waals surface area contributed by atoms with Crippen LogP contribution in [0.4, 0.5) is 0 Å². The number of hydrogen-bond acceptors (Lipinski definition) is 2. The van der Waals surface area contributed by atoms with Gasteiger partial charge in [0.1, 0.15) is 11.4 Å². The van der Waals surface area contributed by atoms with Gasteiger partial charge in [0, 0.05) is 6.54 Å². The van der Waals surface area contributed by atoms with Gasteiger partial charge in [-0.25, -0.2) is 0 Å². The van der Waals surface area contributed by atoms with Crippen molar-refractivity contribution in [3.8, 4) is 5.75 Å². The van der Waals surface area contributed by atoms with Gasteiger partial charge in [0.15, 0.2) is 0 Å². The summed E-state index contributed by atoms with van der Waals surface area (Å²) in [5, 5.41) is 0. The molecule has 0 bridgehead atoms. The summed E-state index contributed by atoms with van der Waals surface area (Å²) in [4.78, 5) is 0. The third-order valence-electron chi connectivity index (χ3n) is 2.64. The number of nitrogens with two attached hydrogens (primary N) is 1. The Morgan fingerprint density at radius 2 is 1.80 bits per heavy atom. The molecule has 84 valence electrons. The molecule has 0 aliphatic heterocycles. The monoisotopic (exact) mass is 207 g/mol. The fourth-order valence-corrected chi connectivity index (χ4v) is 1.45. The van der Waals surface area contributed by atoms with Gasteiger partial charge < -0.3 is 10.5 Å². The zero-order valence-corrected chi connectivity index (χ0v) is 10.3. The van der Waals surface area contributed by atoms with Gasteiger partial charge in [-0.15, -0.1) is 0 Å². The maximum absolute atomic E-state index is 5.92. The second-order valence-corrected chi connectivity index (χ2v) is 4.77. The Morgan fingerprint density at radius 1 is 1.20 bits per heavy atom. The molecule has 0 spiro atoms. The molecular formula is C13H21NO. The van der Waals surface area contributed by atoms with E-state index in [0.29, 0.717) is 6.54 Å². The van der Waals surface area contributed by atoms with Crippen molar-refractivity contribution in [2.75, 3.05) is 6.54 Å². The Bertz CT molecular complexity index is 356. The van der Waals surface area contributed by atoms with Crippen LogP contribution in [0.3, 0.4) is 0 Å². The van der Waals surface area contributed by atoms with E-state index in [2.05, 4.69) is 32.9 Å². The molecule has 2 heteroatoms. The van der Waals surface area contributed by atoms with Crippen LogP contribution in [0.1, 0.15) is 30.5 Å². The van der Waals surface area contributed by atoms with E-state index in [0.717, 1.165) is 5.75 Å². The van der Waals surface area contributed by atoms with E-state index in [4.69, 9.17) is 10.5 Å². The van der Waals surface area contributed by atoms with Crippen LogP contribution < -0.4 is 10.5 Å². The van der Waals surface area contributed by atoms with Gasteiger partial charge >= 0.3 is 0 Å². The van der Waals surface area contributed by atoms with E-state index in [9.17, 15) is 0 Å². The highest BCUT2D eigenvalue weighted by molar-refractivity contribution is 5.42. The molecule has 0 amide bonds. The fourth-order valence-electron chi connectivity index (χ4n) is 1.45. The van der Waals surface area contributed by atoms with Gasteiger partial charge in [-0.3, -0.25) is 0 Å². The first-order chi connectivity index (χ1) is 6.85. The highest BCUT2D eigenvalue weighted by atomic mass is 16.5. The molecule has 0 radical (unpaired) electrons. The number of ether oxygens (including phenoxy) is 1. The average Bonchev–Trinajstić information content (AvgIpc) is 2.13. The molecule has 1 rings (SSSR count). The lowest BCUT2D eigenvalue weighted by atomic mass is 10.0. The van der Waals surface area contributed by atoms with Crippen molar-refractivity contribution in [3.63, 3.8) is 0 Å². The summed E-state index contributed by atoms with van der Waals surface area (Å²) >= 11 is 0. The van der Waals surface area contributed by atoms with Crippen molar-refractivity contribution in [3.05, 3.63) is 28.8 Å². The molecule has 0 saturated carbocycles. The van der Waals surface area contributed by atoms with Crippen LogP contribution in [0.15, 0.2) is 12.1 Å². The lowest BCUT2D eigenvalue weighted by Gasteiger charge is -2.26. The maximum Gasteiger partial charge on any atom is 0.123 e. The number of rotatable bonds is 3. The van der Waals surface area contributed by atoms with Crippen molar-refractivity contribution in [1.82, 2.24) is 0 Å². The summed E-state index contributed by atoms with van der Waals surface area (Å²) in [6, 6.07) is 4.23. The highest BCUT2D eigenvalue weighted by Gasteiger charge is 2.18. The van der Waals surface area contributed by atoms with Gasteiger partial charge in [-0.2, -0.15) is 0 Å². The molecule has 0 aliphatic rings. The molecule has 1 aromatic rings. The SMILES string of the molecule is Cc1cc(C)c(C)c(OC(C)(C)CN)c1. The van der Waals surface area contributed by atoms with E-state index in [1.54, 1.807) is 0 Å². The zero-order valence-electron chi connectivity index (χ0n) is 10.3.